The number of nitrogens with zero attached hydrogens (tertiary/aromatic N) is 2. The van der Waals surface area contributed by atoms with Crippen LogP contribution in [0.25, 0.3) is 0 Å². The lowest BCUT2D eigenvalue weighted by molar-refractivity contribution is 0.157. The highest BCUT2D eigenvalue weighted by Gasteiger charge is 2.12. The fourth-order valence-electron chi connectivity index (χ4n) is 1.10. The standard InChI is InChI=1S/C10H13FN2O2/c1-3-13(4-2)10(14)15-9-5-8(11)6-12-7-9/h5-7H,3-4H2,1-2H3. The number of hydrogen-bond donors (Lipinski definition) is 0. The molecule has 0 aliphatic heterocycles. The minimum Gasteiger partial charge on any atom is -0.408 e. The molecule has 0 N–H and O–H groups in total. The number of aromatic nitrogens is 1. The first-order valence-corrected chi connectivity index (χ1v) is 4.74. The van der Waals surface area contributed by atoms with Gasteiger partial charge in [-0.3, -0.25) is 4.98 Å². The molecular formula is C10H13FN2O2. The Bertz CT molecular complexity index is 340. The van der Waals surface area contributed by atoms with Crippen molar-refractivity contribution >= 4 is 6.09 Å². The molecule has 0 aromatic carbocycles. The van der Waals surface area contributed by atoms with E-state index in [1.807, 2.05) is 13.8 Å². The van der Waals surface area contributed by atoms with E-state index in [4.69, 9.17) is 4.74 Å². The Labute approximate surface area is 87.7 Å². The number of hydrogen-bond acceptors (Lipinski definition) is 3. The summed E-state index contributed by atoms with van der Waals surface area (Å²) in [6.07, 6.45) is 1.85. The lowest BCUT2D eigenvalue weighted by Crippen LogP contribution is -2.33. The van der Waals surface area contributed by atoms with Gasteiger partial charge in [0.1, 0.15) is 5.82 Å². The molecule has 0 saturated heterocycles. The molecule has 1 amide bonds. The Balaban J connectivity index is 2.65. The summed E-state index contributed by atoms with van der Waals surface area (Å²) in [6.45, 7) is 4.79. The Hall–Kier alpha value is -1.65. The molecule has 0 aliphatic carbocycles. The van der Waals surface area contributed by atoms with Gasteiger partial charge in [-0.2, -0.15) is 0 Å². The molecule has 1 aromatic heterocycles. The van der Waals surface area contributed by atoms with Gasteiger partial charge in [-0.15, -0.1) is 0 Å². The Kier molecular flexibility index (Phi) is 4.03. The monoisotopic (exact) mass is 212 g/mol. The van der Waals surface area contributed by atoms with Gasteiger partial charge >= 0.3 is 6.09 Å². The minimum absolute atomic E-state index is 0.118. The average molecular weight is 212 g/mol. The van der Waals surface area contributed by atoms with Crippen molar-refractivity contribution in [1.29, 1.82) is 0 Å². The third-order valence-corrected chi connectivity index (χ3v) is 1.91. The van der Waals surface area contributed by atoms with Gasteiger partial charge in [0.15, 0.2) is 5.75 Å². The highest BCUT2D eigenvalue weighted by atomic mass is 19.1. The van der Waals surface area contributed by atoms with Crippen molar-refractivity contribution in [2.75, 3.05) is 13.1 Å². The quantitative estimate of drug-likeness (QED) is 0.770. The highest BCUT2D eigenvalue weighted by Crippen LogP contribution is 2.11. The van der Waals surface area contributed by atoms with Gasteiger partial charge in [0.05, 0.1) is 12.4 Å². The van der Waals surface area contributed by atoms with E-state index in [1.165, 1.54) is 11.1 Å². The zero-order valence-corrected chi connectivity index (χ0v) is 8.74. The van der Waals surface area contributed by atoms with Crippen molar-refractivity contribution in [2.24, 2.45) is 0 Å². The fourth-order valence-corrected chi connectivity index (χ4v) is 1.10. The zero-order valence-electron chi connectivity index (χ0n) is 8.74. The minimum atomic E-state index is -0.528. The average Bonchev–Trinajstić information content (AvgIpc) is 2.19. The van der Waals surface area contributed by atoms with Crippen LogP contribution in [0.2, 0.25) is 0 Å². The van der Waals surface area contributed by atoms with Gasteiger partial charge in [0, 0.05) is 19.2 Å². The molecule has 0 atom stereocenters. The van der Waals surface area contributed by atoms with E-state index in [0.29, 0.717) is 13.1 Å². The normalized spacial score (nSPS) is 9.80. The highest BCUT2D eigenvalue weighted by molar-refractivity contribution is 5.70. The molecule has 0 saturated carbocycles. The van der Waals surface area contributed by atoms with E-state index in [-0.39, 0.29) is 5.75 Å². The second-order valence-corrected chi connectivity index (χ2v) is 2.88. The van der Waals surface area contributed by atoms with Gasteiger partial charge in [-0.05, 0) is 13.8 Å². The summed E-state index contributed by atoms with van der Waals surface area (Å²) in [7, 11) is 0. The van der Waals surface area contributed by atoms with E-state index in [2.05, 4.69) is 4.98 Å². The van der Waals surface area contributed by atoms with Crippen LogP contribution in [0.15, 0.2) is 18.5 Å². The molecule has 0 radical (unpaired) electrons. The first kappa shape index (κ1) is 11.4. The smallest absolute Gasteiger partial charge is 0.408 e. The molecule has 0 bridgehead atoms. The third-order valence-electron chi connectivity index (χ3n) is 1.91. The SMILES string of the molecule is CCN(CC)C(=O)Oc1cncc(F)c1. The fraction of sp³-hybridized carbons (Fsp3) is 0.400. The van der Waals surface area contributed by atoms with Crippen molar-refractivity contribution in [1.82, 2.24) is 9.88 Å². The predicted octanol–water partition coefficient (Wildman–Crippen LogP) is 2.06. The Morgan fingerprint density at radius 1 is 1.47 bits per heavy atom. The van der Waals surface area contributed by atoms with Crippen LogP contribution in [0.1, 0.15) is 13.8 Å². The van der Waals surface area contributed by atoms with Crippen molar-refractivity contribution in [3.63, 3.8) is 0 Å². The first-order valence-electron chi connectivity index (χ1n) is 4.74. The largest absolute Gasteiger partial charge is 0.415 e. The number of rotatable bonds is 3. The van der Waals surface area contributed by atoms with Gasteiger partial charge in [-0.1, -0.05) is 0 Å². The summed E-state index contributed by atoms with van der Waals surface area (Å²) in [6, 6.07) is 1.12. The summed E-state index contributed by atoms with van der Waals surface area (Å²) in [4.78, 5) is 16.5. The van der Waals surface area contributed by atoms with Crippen molar-refractivity contribution < 1.29 is 13.9 Å². The molecule has 0 spiro atoms. The molecule has 1 rings (SSSR count). The van der Waals surface area contributed by atoms with Crippen LogP contribution in [-0.4, -0.2) is 29.1 Å². The molecule has 0 fully saturated rings. The van der Waals surface area contributed by atoms with Gasteiger partial charge in [0.25, 0.3) is 0 Å². The number of carbonyl (C=O) groups is 1. The van der Waals surface area contributed by atoms with E-state index in [9.17, 15) is 9.18 Å². The molecule has 1 heterocycles. The molecule has 5 heteroatoms. The van der Waals surface area contributed by atoms with Crippen LogP contribution >= 0.6 is 0 Å². The Morgan fingerprint density at radius 3 is 2.67 bits per heavy atom. The third kappa shape index (κ3) is 3.19. The molecule has 82 valence electrons. The summed E-state index contributed by atoms with van der Waals surface area (Å²) in [5.41, 5.74) is 0. The summed E-state index contributed by atoms with van der Waals surface area (Å²) in [5.74, 6) is -0.410. The second kappa shape index (κ2) is 5.29. The van der Waals surface area contributed by atoms with Gasteiger partial charge < -0.3 is 9.64 Å². The van der Waals surface area contributed by atoms with Gasteiger partial charge in [-0.25, -0.2) is 9.18 Å². The second-order valence-electron chi connectivity index (χ2n) is 2.88. The van der Waals surface area contributed by atoms with E-state index in [0.717, 1.165) is 12.3 Å². The van der Waals surface area contributed by atoms with Crippen LogP contribution in [0.3, 0.4) is 0 Å². The molecule has 4 nitrogen and oxygen atoms in total. The summed E-state index contributed by atoms with van der Waals surface area (Å²) >= 11 is 0. The molecule has 0 aliphatic rings. The maximum atomic E-state index is 12.7. The number of amides is 1. The summed E-state index contributed by atoms with van der Waals surface area (Å²) < 4.78 is 17.6. The van der Waals surface area contributed by atoms with Gasteiger partial charge in [0.2, 0.25) is 0 Å². The van der Waals surface area contributed by atoms with E-state index < -0.39 is 11.9 Å². The maximum Gasteiger partial charge on any atom is 0.415 e. The maximum absolute atomic E-state index is 12.7. The van der Waals surface area contributed by atoms with E-state index in [1.54, 1.807) is 0 Å². The van der Waals surface area contributed by atoms with Crippen LogP contribution in [0.5, 0.6) is 5.75 Å². The predicted molar refractivity (Wildman–Crippen MR) is 53.1 cm³/mol. The summed E-state index contributed by atoms with van der Waals surface area (Å²) in [5, 5.41) is 0. The number of pyridine rings is 1. The van der Waals surface area contributed by atoms with Crippen LogP contribution in [-0.2, 0) is 0 Å². The Morgan fingerprint density at radius 2 is 2.13 bits per heavy atom. The van der Waals surface area contributed by atoms with Crippen molar-refractivity contribution in [3.8, 4) is 5.75 Å². The number of ether oxygens (including phenoxy) is 1. The molecule has 15 heavy (non-hydrogen) atoms. The van der Waals surface area contributed by atoms with Crippen molar-refractivity contribution in [2.45, 2.75) is 13.8 Å². The van der Waals surface area contributed by atoms with Crippen LogP contribution < -0.4 is 4.74 Å². The number of halogens is 1. The molecule has 0 unspecified atom stereocenters. The lowest BCUT2D eigenvalue weighted by atomic mass is 10.4. The van der Waals surface area contributed by atoms with E-state index >= 15 is 0 Å². The zero-order chi connectivity index (χ0) is 11.3. The topological polar surface area (TPSA) is 42.4 Å². The first-order chi connectivity index (χ1) is 7.17. The molecule has 1 aromatic rings. The number of carbonyl (C=O) groups excluding carboxylic acids is 1. The van der Waals surface area contributed by atoms with Crippen LogP contribution in [0.4, 0.5) is 9.18 Å². The van der Waals surface area contributed by atoms with Crippen molar-refractivity contribution in [3.05, 3.63) is 24.3 Å². The lowest BCUT2D eigenvalue weighted by Gasteiger charge is -2.17. The molecular weight excluding hydrogens is 199 g/mol. The van der Waals surface area contributed by atoms with Crippen LogP contribution in [0, 0.1) is 5.82 Å².